The van der Waals surface area contributed by atoms with Crippen LogP contribution in [-0.4, -0.2) is 32.9 Å². The number of hydrogen-bond acceptors (Lipinski definition) is 4. The highest BCUT2D eigenvalue weighted by Crippen LogP contribution is 2.27. The number of carbonyl (C=O) groups is 1. The molecule has 106 valence electrons. The van der Waals surface area contributed by atoms with Crippen LogP contribution in [0.3, 0.4) is 0 Å². The van der Waals surface area contributed by atoms with Crippen LogP contribution in [0.5, 0.6) is 0 Å². The molecule has 1 amide bonds. The third-order valence-electron chi connectivity index (χ3n) is 2.71. The van der Waals surface area contributed by atoms with Gasteiger partial charge in [-0.15, -0.1) is 11.3 Å². The van der Waals surface area contributed by atoms with Crippen LogP contribution in [0.15, 0.2) is 41.8 Å². The van der Waals surface area contributed by atoms with E-state index in [2.05, 4.69) is 5.32 Å². The molecule has 1 heterocycles. The molecule has 2 aromatic rings. The summed E-state index contributed by atoms with van der Waals surface area (Å²) in [4.78, 5) is 12.7. The van der Waals surface area contributed by atoms with Crippen LogP contribution < -0.4 is 5.32 Å². The summed E-state index contributed by atoms with van der Waals surface area (Å²) >= 11 is 1.35. The normalized spacial score (nSPS) is 11.2. The van der Waals surface area contributed by atoms with Crippen molar-refractivity contribution in [2.75, 3.05) is 18.6 Å². The smallest absolute Gasteiger partial charge is 0.262 e. The lowest BCUT2D eigenvalue weighted by atomic mass is 10.1. The number of hydrogen-bond donors (Lipinski definition) is 1. The third kappa shape index (κ3) is 3.91. The maximum absolute atomic E-state index is 12.1. The average Bonchev–Trinajstić information content (AvgIpc) is 2.87. The molecule has 2 rings (SSSR count). The molecule has 1 N–H and O–H groups in total. The van der Waals surface area contributed by atoms with Crippen molar-refractivity contribution in [3.05, 3.63) is 46.7 Å². The van der Waals surface area contributed by atoms with Crippen LogP contribution in [0.25, 0.3) is 11.1 Å². The van der Waals surface area contributed by atoms with Crippen molar-refractivity contribution in [3.8, 4) is 11.1 Å². The molecule has 0 aliphatic carbocycles. The summed E-state index contributed by atoms with van der Waals surface area (Å²) < 4.78 is 22.1. The SMILES string of the molecule is CS(=O)(=O)CCNC(=O)c1sccc1-c1ccccc1. The lowest BCUT2D eigenvalue weighted by molar-refractivity contribution is 0.0961. The second kappa shape index (κ2) is 6.19. The first kappa shape index (κ1) is 14.7. The number of nitrogens with one attached hydrogen (secondary N) is 1. The Bertz CT molecular complexity index is 690. The molecule has 0 saturated heterocycles. The van der Waals surface area contributed by atoms with E-state index in [1.807, 2.05) is 41.8 Å². The van der Waals surface area contributed by atoms with Gasteiger partial charge in [0.1, 0.15) is 9.84 Å². The van der Waals surface area contributed by atoms with E-state index in [9.17, 15) is 13.2 Å². The summed E-state index contributed by atoms with van der Waals surface area (Å²) in [5.74, 6) is -0.285. The molecular weight excluding hydrogens is 294 g/mol. The van der Waals surface area contributed by atoms with Gasteiger partial charge in [-0.1, -0.05) is 30.3 Å². The molecule has 1 aromatic heterocycles. The molecule has 0 unspecified atom stereocenters. The van der Waals surface area contributed by atoms with Crippen molar-refractivity contribution in [3.63, 3.8) is 0 Å². The van der Waals surface area contributed by atoms with Gasteiger partial charge in [-0.2, -0.15) is 0 Å². The molecule has 0 atom stereocenters. The first-order valence-electron chi connectivity index (χ1n) is 6.06. The Kier molecular flexibility index (Phi) is 4.57. The zero-order chi connectivity index (χ0) is 14.6. The van der Waals surface area contributed by atoms with Gasteiger partial charge in [0.15, 0.2) is 0 Å². The maximum Gasteiger partial charge on any atom is 0.262 e. The minimum absolute atomic E-state index is 0.0508. The minimum Gasteiger partial charge on any atom is -0.350 e. The van der Waals surface area contributed by atoms with Gasteiger partial charge in [-0.05, 0) is 17.0 Å². The second-order valence-electron chi connectivity index (χ2n) is 4.42. The summed E-state index contributed by atoms with van der Waals surface area (Å²) in [5, 5.41) is 4.50. The Morgan fingerprint density at radius 1 is 1.20 bits per heavy atom. The molecule has 0 aliphatic heterocycles. The lowest BCUT2D eigenvalue weighted by Gasteiger charge is -2.05. The standard InChI is InChI=1S/C14H15NO3S2/c1-20(17,18)10-8-15-14(16)13-12(7-9-19-13)11-5-3-2-4-6-11/h2-7,9H,8,10H2,1H3,(H,15,16). The molecule has 0 radical (unpaired) electrons. The Morgan fingerprint density at radius 3 is 2.55 bits per heavy atom. The van der Waals surface area contributed by atoms with E-state index in [1.165, 1.54) is 11.3 Å². The highest BCUT2D eigenvalue weighted by Gasteiger charge is 2.14. The fourth-order valence-electron chi connectivity index (χ4n) is 1.76. The topological polar surface area (TPSA) is 63.2 Å². The Morgan fingerprint density at radius 2 is 1.90 bits per heavy atom. The van der Waals surface area contributed by atoms with Gasteiger partial charge < -0.3 is 5.32 Å². The largest absolute Gasteiger partial charge is 0.350 e. The Hall–Kier alpha value is -1.66. The van der Waals surface area contributed by atoms with Crippen molar-refractivity contribution in [2.45, 2.75) is 0 Å². The van der Waals surface area contributed by atoms with E-state index < -0.39 is 9.84 Å². The van der Waals surface area contributed by atoms with Gasteiger partial charge in [0.2, 0.25) is 0 Å². The van der Waals surface area contributed by atoms with Gasteiger partial charge in [-0.3, -0.25) is 4.79 Å². The zero-order valence-electron chi connectivity index (χ0n) is 11.0. The molecular formula is C14H15NO3S2. The fourth-order valence-corrected chi connectivity index (χ4v) is 3.07. The van der Waals surface area contributed by atoms with Gasteiger partial charge in [-0.25, -0.2) is 8.42 Å². The monoisotopic (exact) mass is 309 g/mol. The number of thiophene rings is 1. The first-order chi connectivity index (χ1) is 9.47. The minimum atomic E-state index is -3.06. The van der Waals surface area contributed by atoms with Crippen molar-refractivity contribution in [1.29, 1.82) is 0 Å². The lowest BCUT2D eigenvalue weighted by Crippen LogP contribution is -2.28. The van der Waals surface area contributed by atoms with Crippen molar-refractivity contribution in [2.24, 2.45) is 0 Å². The molecule has 4 nitrogen and oxygen atoms in total. The van der Waals surface area contributed by atoms with E-state index in [-0.39, 0.29) is 18.2 Å². The van der Waals surface area contributed by atoms with Crippen LogP contribution in [0.1, 0.15) is 9.67 Å². The van der Waals surface area contributed by atoms with E-state index >= 15 is 0 Å². The summed E-state index contributed by atoms with van der Waals surface area (Å²) in [7, 11) is -3.06. The van der Waals surface area contributed by atoms with Gasteiger partial charge >= 0.3 is 0 Å². The second-order valence-corrected chi connectivity index (χ2v) is 7.59. The molecule has 0 fully saturated rings. The van der Waals surface area contributed by atoms with Crippen molar-refractivity contribution >= 4 is 27.1 Å². The molecule has 0 bridgehead atoms. The van der Waals surface area contributed by atoms with Gasteiger partial charge in [0, 0.05) is 18.4 Å². The summed E-state index contributed by atoms with van der Waals surface area (Å²) in [6.07, 6.45) is 1.15. The maximum atomic E-state index is 12.1. The predicted octanol–water partition coefficient (Wildman–Crippen LogP) is 2.19. The highest BCUT2D eigenvalue weighted by atomic mass is 32.2. The van der Waals surface area contributed by atoms with Crippen LogP contribution in [0, 0.1) is 0 Å². The molecule has 20 heavy (non-hydrogen) atoms. The van der Waals surface area contributed by atoms with E-state index in [0.29, 0.717) is 4.88 Å². The first-order valence-corrected chi connectivity index (χ1v) is 9.00. The van der Waals surface area contributed by atoms with Crippen LogP contribution in [0.4, 0.5) is 0 Å². The van der Waals surface area contributed by atoms with Crippen LogP contribution in [-0.2, 0) is 9.84 Å². The predicted molar refractivity (Wildman–Crippen MR) is 81.8 cm³/mol. The zero-order valence-corrected chi connectivity index (χ0v) is 12.6. The van der Waals surface area contributed by atoms with Crippen molar-refractivity contribution in [1.82, 2.24) is 5.32 Å². The highest BCUT2D eigenvalue weighted by molar-refractivity contribution is 7.90. The quantitative estimate of drug-likeness (QED) is 0.921. The number of amides is 1. The number of sulfone groups is 1. The summed E-state index contributed by atoms with van der Waals surface area (Å²) in [6.45, 7) is 0.129. The number of benzene rings is 1. The summed E-state index contributed by atoms with van der Waals surface area (Å²) in [5.41, 5.74) is 1.84. The van der Waals surface area contributed by atoms with Crippen molar-refractivity contribution < 1.29 is 13.2 Å². The fraction of sp³-hybridized carbons (Fsp3) is 0.214. The summed E-state index contributed by atoms with van der Waals surface area (Å²) in [6, 6.07) is 11.5. The van der Waals surface area contributed by atoms with E-state index in [4.69, 9.17) is 0 Å². The Labute approximate surface area is 122 Å². The molecule has 0 saturated carbocycles. The van der Waals surface area contributed by atoms with Gasteiger partial charge in [0.05, 0.1) is 10.6 Å². The number of rotatable bonds is 5. The number of carbonyl (C=O) groups excluding carboxylic acids is 1. The van der Waals surface area contributed by atoms with E-state index in [0.717, 1.165) is 17.4 Å². The molecule has 0 aliphatic rings. The Balaban J connectivity index is 2.10. The molecule has 0 spiro atoms. The average molecular weight is 309 g/mol. The molecule has 1 aromatic carbocycles. The molecule has 6 heteroatoms. The van der Waals surface area contributed by atoms with Gasteiger partial charge in [0.25, 0.3) is 5.91 Å². The third-order valence-corrected chi connectivity index (χ3v) is 4.57. The van der Waals surface area contributed by atoms with Crippen LogP contribution >= 0.6 is 11.3 Å². The van der Waals surface area contributed by atoms with Crippen LogP contribution in [0.2, 0.25) is 0 Å². The van der Waals surface area contributed by atoms with E-state index in [1.54, 1.807) is 0 Å².